The number of thiophene rings is 1. The van der Waals surface area contributed by atoms with Crippen molar-refractivity contribution in [2.24, 2.45) is 0 Å². The van der Waals surface area contributed by atoms with Crippen LogP contribution in [0, 0.1) is 0 Å². The van der Waals surface area contributed by atoms with Gasteiger partial charge in [0.05, 0.1) is 11.4 Å². The first-order valence-electron chi connectivity index (χ1n) is 5.40. The Bertz CT molecular complexity index is 494. The fourth-order valence-electron chi connectivity index (χ4n) is 1.64. The Morgan fingerprint density at radius 2 is 2.06 bits per heavy atom. The Hall–Kier alpha value is -1.000. The van der Waals surface area contributed by atoms with Crippen LogP contribution >= 0.6 is 27.3 Å². The van der Waals surface area contributed by atoms with Crippen LogP contribution in [-0.4, -0.2) is 14.1 Å². The van der Waals surface area contributed by atoms with Gasteiger partial charge in [-0.3, -0.25) is 0 Å². The lowest BCUT2D eigenvalue weighted by atomic mass is 10.2. The molecule has 17 heavy (non-hydrogen) atoms. The van der Waals surface area contributed by atoms with Crippen molar-refractivity contribution in [1.82, 2.24) is 0 Å². The molecule has 1 aromatic carbocycles. The highest BCUT2D eigenvalue weighted by Crippen LogP contribution is 2.25. The second-order valence-corrected chi connectivity index (χ2v) is 5.91. The third-order valence-corrected chi connectivity index (χ3v) is 4.16. The molecule has 0 aliphatic carbocycles. The van der Waals surface area contributed by atoms with Crippen LogP contribution in [0.4, 0.5) is 11.4 Å². The number of anilines is 2. The highest BCUT2D eigenvalue weighted by atomic mass is 79.9. The highest BCUT2D eigenvalue weighted by molar-refractivity contribution is 9.10. The molecule has 0 radical (unpaired) electrons. The molecular formula is C13H15BrN2S. The van der Waals surface area contributed by atoms with Crippen molar-refractivity contribution in [3.8, 4) is 0 Å². The maximum Gasteiger partial charge on any atom is 0.0596 e. The third kappa shape index (κ3) is 3.23. The fourth-order valence-corrected chi connectivity index (χ4v) is 3.03. The first-order valence-corrected chi connectivity index (χ1v) is 7.07. The molecule has 1 aromatic heterocycles. The van der Waals surface area contributed by atoms with Crippen LogP contribution in [0.3, 0.4) is 0 Å². The minimum Gasteiger partial charge on any atom is -0.378 e. The van der Waals surface area contributed by atoms with Crippen LogP contribution < -0.4 is 10.2 Å². The number of halogens is 1. The SMILES string of the molecule is CN(C)c1ccccc1NCc1cc(Br)cs1. The summed E-state index contributed by atoms with van der Waals surface area (Å²) in [4.78, 5) is 3.44. The lowest BCUT2D eigenvalue weighted by molar-refractivity contribution is 1.11. The molecule has 0 aliphatic heterocycles. The third-order valence-electron chi connectivity index (χ3n) is 2.46. The minimum absolute atomic E-state index is 0.862. The van der Waals surface area contributed by atoms with E-state index in [0.717, 1.165) is 11.0 Å². The topological polar surface area (TPSA) is 15.3 Å². The van der Waals surface area contributed by atoms with E-state index < -0.39 is 0 Å². The second-order valence-electron chi connectivity index (χ2n) is 4.00. The van der Waals surface area contributed by atoms with E-state index in [4.69, 9.17) is 0 Å². The number of nitrogens with zero attached hydrogens (tertiary/aromatic N) is 1. The van der Waals surface area contributed by atoms with Crippen LogP contribution in [0.2, 0.25) is 0 Å². The van der Waals surface area contributed by atoms with Crippen LogP contribution in [-0.2, 0) is 6.54 Å². The maximum absolute atomic E-state index is 3.47. The lowest BCUT2D eigenvalue weighted by Gasteiger charge is -2.18. The quantitative estimate of drug-likeness (QED) is 0.911. The zero-order valence-electron chi connectivity index (χ0n) is 9.90. The minimum atomic E-state index is 0.862. The number of rotatable bonds is 4. The molecule has 90 valence electrons. The number of benzene rings is 1. The van der Waals surface area contributed by atoms with Crippen molar-refractivity contribution in [2.75, 3.05) is 24.3 Å². The molecule has 0 unspecified atom stereocenters. The van der Waals surface area contributed by atoms with Gasteiger partial charge in [-0.1, -0.05) is 12.1 Å². The standard InChI is InChI=1S/C13H15BrN2S/c1-16(2)13-6-4-3-5-12(13)15-8-11-7-10(14)9-17-11/h3-7,9,15H,8H2,1-2H3. The summed E-state index contributed by atoms with van der Waals surface area (Å²) < 4.78 is 1.15. The molecule has 0 spiro atoms. The molecular weight excluding hydrogens is 296 g/mol. The summed E-state index contributed by atoms with van der Waals surface area (Å²) >= 11 is 5.23. The van der Waals surface area contributed by atoms with Crippen LogP contribution in [0.15, 0.2) is 40.2 Å². The van der Waals surface area contributed by atoms with Gasteiger partial charge in [-0.25, -0.2) is 0 Å². The molecule has 1 N–H and O–H groups in total. The number of hydrogen-bond acceptors (Lipinski definition) is 3. The summed E-state index contributed by atoms with van der Waals surface area (Å²) in [5.41, 5.74) is 2.38. The molecule has 2 aromatic rings. The van der Waals surface area contributed by atoms with Crippen molar-refractivity contribution in [3.05, 3.63) is 45.1 Å². The Morgan fingerprint density at radius 1 is 1.29 bits per heavy atom. The van der Waals surface area contributed by atoms with Gasteiger partial charge in [0, 0.05) is 35.4 Å². The Balaban J connectivity index is 2.08. The van der Waals surface area contributed by atoms with Gasteiger partial charge in [0.25, 0.3) is 0 Å². The highest BCUT2D eigenvalue weighted by Gasteiger charge is 2.03. The fraction of sp³-hybridized carbons (Fsp3) is 0.231. The van der Waals surface area contributed by atoms with Crippen LogP contribution in [0.5, 0.6) is 0 Å². The van der Waals surface area contributed by atoms with E-state index in [1.54, 1.807) is 11.3 Å². The van der Waals surface area contributed by atoms with Gasteiger partial charge in [-0.05, 0) is 34.1 Å². The normalized spacial score (nSPS) is 10.3. The molecule has 0 saturated carbocycles. The molecule has 0 bridgehead atoms. The van der Waals surface area contributed by atoms with E-state index in [1.807, 2.05) is 0 Å². The molecule has 0 saturated heterocycles. The molecule has 0 atom stereocenters. The van der Waals surface area contributed by atoms with Gasteiger partial charge >= 0.3 is 0 Å². The first-order chi connectivity index (χ1) is 8.16. The van der Waals surface area contributed by atoms with Gasteiger partial charge in [-0.15, -0.1) is 11.3 Å². The largest absolute Gasteiger partial charge is 0.378 e. The van der Waals surface area contributed by atoms with Gasteiger partial charge < -0.3 is 10.2 Å². The predicted molar refractivity (Wildman–Crippen MR) is 80.1 cm³/mol. The molecule has 0 aliphatic rings. The van der Waals surface area contributed by atoms with Crippen molar-refractivity contribution >= 4 is 38.6 Å². The van der Waals surface area contributed by atoms with Crippen molar-refractivity contribution < 1.29 is 0 Å². The van der Waals surface area contributed by atoms with E-state index in [2.05, 4.69) is 76.0 Å². The molecule has 1 heterocycles. The second kappa shape index (κ2) is 5.56. The average Bonchev–Trinajstić information content (AvgIpc) is 2.73. The summed E-state index contributed by atoms with van der Waals surface area (Å²) in [5, 5.41) is 5.58. The maximum atomic E-state index is 3.47. The molecule has 0 amide bonds. The average molecular weight is 311 g/mol. The first kappa shape index (κ1) is 12.5. The van der Waals surface area contributed by atoms with Crippen molar-refractivity contribution in [1.29, 1.82) is 0 Å². The summed E-state index contributed by atoms with van der Waals surface area (Å²) in [6.45, 7) is 0.862. The summed E-state index contributed by atoms with van der Waals surface area (Å²) in [5.74, 6) is 0. The Kier molecular flexibility index (Phi) is 4.07. The summed E-state index contributed by atoms with van der Waals surface area (Å²) in [7, 11) is 4.12. The van der Waals surface area contributed by atoms with Gasteiger partial charge in [-0.2, -0.15) is 0 Å². The molecule has 0 fully saturated rings. The van der Waals surface area contributed by atoms with E-state index in [9.17, 15) is 0 Å². The number of nitrogens with one attached hydrogen (secondary N) is 1. The van der Waals surface area contributed by atoms with Crippen LogP contribution in [0.1, 0.15) is 4.88 Å². The molecule has 4 heteroatoms. The van der Waals surface area contributed by atoms with Gasteiger partial charge in [0.15, 0.2) is 0 Å². The van der Waals surface area contributed by atoms with Gasteiger partial charge in [0.2, 0.25) is 0 Å². The predicted octanol–water partition coefficient (Wildman–Crippen LogP) is 4.19. The van der Waals surface area contributed by atoms with Crippen molar-refractivity contribution in [2.45, 2.75) is 6.54 Å². The number of hydrogen-bond donors (Lipinski definition) is 1. The zero-order chi connectivity index (χ0) is 12.3. The smallest absolute Gasteiger partial charge is 0.0596 e. The molecule has 2 rings (SSSR count). The van der Waals surface area contributed by atoms with Crippen molar-refractivity contribution in [3.63, 3.8) is 0 Å². The molecule has 2 nitrogen and oxygen atoms in total. The van der Waals surface area contributed by atoms with Crippen LogP contribution in [0.25, 0.3) is 0 Å². The summed E-state index contributed by atoms with van der Waals surface area (Å²) in [6.07, 6.45) is 0. The summed E-state index contributed by atoms with van der Waals surface area (Å²) in [6, 6.07) is 10.5. The monoisotopic (exact) mass is 310 g/mol. The zero-order valence-corrected chi connectivity index (χ0v) is 12.3. The Labute approximate surface area is 114 Å². The lowest BCUT2D eigenvalue weighted by Crippen LogP contribution is -2.11. The van der Waals surface area contributed by atoms with E-state index in [1.165, 1.54) is 16.3 Å². The van der Waals surface area contributed by atoms with Gasteiger partial charge in [0.1, 0.15) is 0 Å². The van der Waals surface area contributed by atoms with E-state index in [0.29, 0.717) is 0 Å². The van der Waals surface area contributed by atoms with E-state index >= 15 is 0 Å². The van der Waals surface area contributed by atoms with E-state index in [-0.39, 0.29) is 0 Å². The Morgan fingerprint density at radius 3 is 2.71 bits per heavy atom. The number of para-hydroxylation sites is 2.